The van der Waals surface area contributed by atoms with E-state index in [0.717, 1.165) is 22.5 Å². The third-order valence-corrected chi connectivity index (χ3v) is 13.9. The van der Waals surface area contributed by atoms with Crippen molar-refractivity contribution in [1.29, 1.82) is 0 Å². The van der Waals surface area contributed by atoms with Crippen LogP contribution in [0.2, 0.25) is 0 Å². The molecule has 0 aliphatic rings. The summed E-state index contributed by atoms with van der Waals surface area (Å²) in [6.07, 6.45) is 0. The van der Waals surface area contributed by atoms with Crippen molar-refractivity contribution < 1.29 is 0 Å². The number of benzene rings is 8. The largest absolute Gasteiger partial charge is 0.297 e. The molecule has 266 valence electrons. The lowest BCUT2D eigenvalue weighted by atomic mass is 9.59. The van der Waals surface area contributed by atoms with Gasteiger partial charge < -0.3 is 0 Å². The molecule has 0 N–H and O–H groups in total. The molecule has 1 aromatic heterocycles. The van der Waals surface area contributed by atoms with E-state index in [2.05, 4.69) is 205 Å². The molecule has 58 heavy (non-hydrogen) atoms. The third kappa shape index (κ3) is 5.82. The standard InChI is InChI=1S/C46H42B10N2/c1-21-57-31-12-6-7-13-32(31)58(21)26-16-14-22(15-17-26)33-27-8-2-4-10-29(27)34(30-11-5-3-9-28(30)33)23-18-24(35-37(47)41(51)45(55)42(52)38(35)48)20-25(19-23)36-39(49)43(53)46(56)44(54)40(36)50/h2-20H,47-56H2,1H3. The number of hydrogen-bond donors (Lipinski definition) is 0. The zero-order valence-corrected chi connectivity index (χ0v) is 35.9. The zero-order chi connectivity index (χ0) is 40.7. The fourth-order valence-electron chi connectivity index (χ4n) is 9.93. The van der Waals surface area contributed by atoms with Crippen LogP contribution in [0.5, 0.6) is 0 Å². The fraction of sp³-hybridized carbons (Fsp3) is 0.0217. The Balaban J connectivity index is 1.34. The van der Waals surface area contributed by atoms with Crippen LogP contribution in [0.3, 0.4) is 0 Å². The van der Waals surface area contributed by atoms with E-state index in [9.17, 15) is 0 Å². The zero-order valence-electron chi connectivity index (χ0n) is 35.9. The second-order valence-corrected chi connectivity index (χ2v) is 16.7. The first-order valence-corrected chi connectivity index (χ1v) is 20.7. The molecule has 0 aliphatic heterocycles. The molecule has 2 nitrogen and oxygen atoms in total. The van der Waals surface area contributed by atoms with Gasteiger partial charge in [-0.2, -0.15) is 0 Å². The highest BCUT2D eigenvalue weighted by Gasteiger charge is 2.22. The molecule has 8 aromatic carbocycles. The summed E-state index contributed by atoms with van der Waals surface area (Å²) in [6.45, 7) is 2.08. The number of imidazole rings is 1. The van der Waals surface area contributed by atoms with Gasteiger partial charge in [0.15, 0.2) is 0 Å². The van der Waals surface area contributed by atoms with Gasteiger partial charge in [-0.05, 0) is 115 Å². The third-order valence-electron chi connectivity index (χ3n) is 13.9. The van der Waals surface area contributed by atoms with Crippen LogP contribution < -0.4 is 54.6 Å². The number of nitrogens with zero attached hydrogens (tertiary/aromatic N) is 2. The molecular formula is C46H42B10N2. The SMILES string of the molecule is Bc1c(B)c(B)c(-c2cc(-c3c(B)c(B)c(B)c(B)c3B)cc(-c3c4ccccc4c(-c4ccc(-n5c(C)nc6ccccc65)cc4)c4ccccc34)c2)c(B)c1B. The summed E-state index contributed by atoms with van der Waals surface area (Å²) in [5.41, 5.74) is 27.2. The van der Waals surface area contributed by atoms with Gasteiger partial charge in [0, 0.05) is 5.69 Å². The summed E-state index contributed by atoms with van der Waals surface area (Å²) >= 11 is 0. The normalized spacial score (nSPS) is 11.5. The van der Waals surface area contributed by atoms with E-state index in [0.29, 0.717) is 0 Å². The molecule has 12 heteroatoms. The number of aryl methyl sites for hydroxylation is 1. The first-order valence-electron chi connectivity index (χ1n) is 20.7. The molecule has 0 radical (unpaired) electrons. The second kappa shape index (κ2) is 14.3. The molecule has 0 atom stereocenters. The molecular weight excluding hydrogens is 689 g/mol. The Bertz CT molecular complexity index is 2990. The maximum atomic E-state index is 4.85. The first kappa shape index (κ1) is 37.9. The quantitative estimate of drug-likeness (QED) is 0.128. The Morgan fingerprint density at radius 3 is 1.14 bits per heavy atom. The van der Waals surface area contributed by atoms with Crippen molar-refractivity contribution >= 4 is 166 Å². The van der Waals surface area contributed by atoms with Crippen LogP contribution in [-0.4, -0.2) is 88.0 Å². The average Bonchev–Trinajstić information content (AvgIpc) is 3.58. The lowest BCUT2D eigenvalue weighted by Gasteiger charge is -2.25. The van der Waals surface area contributed by atoms with Crippen LogP contribution in [0.1, 0.15) is 5.82 Å². The van der Waals surface area contributed by atoms with Crippen LogP contribution in [0.25, 0.3) is 82.8 Å². The topological polar surface area (TPSA) is 17.8 Å². The summed E-state index contributed by atoms with van der Waals surface area (Å²) in [6, 6.07) is 42.9. The van der Waals surface area contributed by atoms with E-state index in [1.165, 1.54) is 121 Å². The van der Waals surface area contributed by atoms with Crippen molar-refractivity contribution in [1.82, 2.24) is 9.55 Å². The molecule has 0 unspecified atom stereocenters. The molecule has 9 rings (SSSR count). The molecule has 0 spiro atoms. The van der Waals surface area contributed by atoms with Crippen molar-refractivity contribution in [3.05, 3.63) is 121 Å². The summed E-state index contributed by atoms with van der Waals surface area (Å²) in [5.74, 6) is 0.985. The minimum atomic E-state index is 0.985. The molecule has 0 fully saturated rings. The second-order valence-electron chi connectivity index (χ2n) is 16.7. The van der Waals surface area contributed by atoms with Gasteiger partial charge in [-0.1, -0.05) is 94.6 Å². The van der Waals surface area contributed by atoms with Crippen LogP contribution in [-0.2, 0) is 0 Å². The lowest BCUT2D eigenvalue weighted by Crippen LogP contribution is -2.55. The minimum Gasteiger partial charge on any atom is -0.297 e. The van der Waals surface area contributed by atoms with Crippen LogP contribution in [0.15, 0.2) is 115 Å². The number of fused-ring (bicyclic) bond motifs is 3. The maximum absolute atomic E-state index is 4.85. The smallest absolute Gasteiger partial charge is 0.139 e. The minimum absolute atomic E-state index is 0.985. The van der Waals surface area contributed by atoms with E-state index >= 15 is 0 Å². The van der Waals surface area contributed by atoms with Crippen LogP contribution >= 0.6 is 0 Å². The highest BCUT2D eigenvalue weighted by atomic mass is 15.1. The lowest BCUT2D eigenvalue weighted by molar-refractivity contribution is 1.00. The van der Waals surface area contributed by atoms with Crippen LogP contribution in [0, 0.1) is 6.92 Å². The molecule has 0 saturated heterocycles. The molecule has 9 aromatic rings. The summed E-state index contributed by atoms with van der Waals surface area (Å²) < 4.78 is 2.25. The van der Waals surface area contributed by atoms with Crippen molar-refractivity contribution in [3.63, 3.8) is 0 Å². The monoisotopic (exact) mass is 732 g/mol. The van der Waals surface area contributed by atoms with Gasteiger partial charge >= 0.3 is 0 Å². The number of rotatable bonds is 5. The molecule has 0 aliphatic carbocycles. The van der Waals surface area contributed by atoms with Crippen molar-refractivity contribution in [2.24, 2.45) is 0 Å². The summed E-state index contributed by atoms with van der Waals surface area (Å²) in [4.78, 5) is 4.85. The first-order chi connectivity index (χ1) is 27.9. The van der Waals surface area contributed by atoms with E-state index in [1.54, 1.807) is 0 Å². The van der Waals surface area contributed by atoms with Crippen LogP contribution in [0.4, 0.5) is 0 Å². The van der Waals surface area contributed by atoms with Crippen molar-refractivity contribution in [2.45, 2.75) is 6.92 Å². The number of aromatic nitrogens is 2. The van der Waals surface area contributed by atoms with Gasteiger partial charge in [0.05, 0.1) is 11.0 Å². The van der Waals surface area contributed by atoms with E-state index in [1.807, 2.05) is 0 Å². The Morgan fingerprint density at radius 1 is 0.362 bits per heavy atom. The highest BCUT2D eigenvalue weighted by Crippen LogP contribution is 2.45. The number of para-hydroxylation sites is 2. The Labute approximate surface area is 351 Å². The van der Waals surface area contributed by atoms with E-state index in [4.69, 9.17) is 4.98 Å². The van der Waals surface area contributed by atoms with Gasteiger partial charge in [0.1, 0.15) is 84.3 Å². The molecule has 0 amide bonds. The Morgan fingerprint density at radius 2 is 0.707 bits per heavy atom. The fourth-order valence-corrected chi connectivity index (χ4v) is 9.93. The average molecular weight is 731 g/mol. The van der Waals surface area contributed by atoms with Crippen molar-refractivity contribution in [3.8, 4) is 50.2 Å². The van der Waals surface area contributed by atoms with E-state index < -0.39 is 0 Å². The van der Waals surface area contributed by atoms with Gasteiger partial charge in [0.2, 0.25) is 0 Å². The predicted molar refractivity (Wildman–Crippen MR) is 284 cm³/mol. The summed E-state index contributed by atoms with van der Waals surface area (Å²) in [5, 5.41) is 5.02. The van der Waals surface area contributed by atoms with Gasteiger partial charge in [-0.25, -0.2) is 4.98 Å². The Hall–Kier alpha value is -5.60. The Kier molecular flexibility index (Phi) is 9.39. The van der Waals surface area contributed by atoms with E-state index in [-0.39, 0.29) is 0 Å². The molecule has 1 heterocycles. The summed E-state index contributed by atoms with van der Waals surface area (Å²) in [7, 11) is 23.0. The van der Waals surface area contributed by atoms with Gasteiger partial charge in [0.25, 0.3) is 0 Å². The van der Waals surface area contributed by atoms with Gasteiger partial charge in [-0.3, -0.25) is 4.57 Å². The van der Waals surface area contributed by atoms with Crippen molar-refractivity contribution in [2.75, 3.05) is 0 Å². The molecule has 0 bridgehead atoms. The van der Waals surface area contributed by atoms with Gasteiger partial charge in [-0.15, -0.1) is 32.8 Å². The highest BCUT2D eigenvalue weighted by molar-refractivity contribution is 6.70. The molecule has 0 saturated carbocycles. The maximum Gasteiger partial charge on any atom is 0.139 e. The predicted octanol–water partition coefficient (Wildman–Crippen LogP) is -5.11. The number of hydrogen-bond acceptors (Lipinski definition) is 1.